The summed E-state index contributed by atoms with van der Waals surface area (Å²) >= 11 is 0. The molecule has 2 N–H and O–H groups in total. The first-order chi connectivity index (χ1) is 8.72. The molecule has 102 valence electrons. The molecule has 1 aromatic rings. The Labute approximate surface area is 108 Å². The predicted octanol–water partition coefficient (Wildman–Crippen LogP) is 0.912. The molecule has 0 radical (unpaired) electrons. The van der Waals surface area contributed by atoms with E-state index >= 15 is 0 Å². The maximum Gasteiger partial charge on any atom is 0.218 e. The Morgan fingerprint density at radius 3 is 2.78 bits per heavy atom. The zero-order chi connectivity index (χ0) is 13.2. The Bertz CT molecular complexity index is 334. The average molecular weight is 254 g/mol. The Morgan fingerprint density at radius 2 is 2.06 bits per heavy atom. The van der Waals surface area contributed by atoms with Gasteiger partial charge in [0.05, 0.1) is 12.7 Å². The maximum absolute atomic E-state index is 5.49. The predicted molar refractivity (Wildman–Crippen MR) is 71.0 cm³/mol. The molecule has 0 amide bonds. The van der Waals surface area contributed by atoms with Gasteiger partial charge in [-0.3, -0.25) is 0 Å². The molecule has 18 heavy (non-hydrogen) atoms. The molecule has 6 heteroatoms. The van der Waals surface area contributed by atoms with E-state index in [1.54, 1.807) is 13.2 Å². The number of nitrogens with zero attached hydrogens (tertiary/aromatic N) is 2. The first-order valence-corrected chi connectivity index (χ1v) is 6.14. The maximum atomic E-state index is 5.49. The number of hydrogen-bond acceptors (Lipinski definition) is 6. The summed E-state index contributed by atoms with van der Waals surface area (Å²) in [6, 6.07) is 1.80. The van der Waals surface area contributed by atoms with Crippen LogP contribution in [0.3, 0.4) is 0 Å². The summed E-state index contributed by atoms with van der Waals surface area (Å²) in [6.07, 6.45) is 1.61. The van der Waals surface area contributed by atoms with Gasteiger partial charge in [-0.1, -0.05) is 0 Å². The minimum absolute atomic E-state index is 0.114. The van der Waals surface area contributed by atoms with Gasteiger partial charge in [0.25, 0.3) is 0 Å². The number of methoxy groups -OCH3 is 1. The third kappa shape index (κ3) is 6.36. The SMILES string of the molecule is COCCNCCNc1cc(OC(C)C)ncn1. The topological polar surface area (TPSA) is 68.3 Å². The highest BCUT2D eigenvalue weighted by atomic mass is 16.5. The number of ether oxygens (including phenoxy) is 2. The van der Waals surface area contributed by atoms with Gasteiger partial charge in [-0.2, -0.15) is 0 Å². The standard InChI is InChI=1S/C12H22N4O2/c1-10(2)18-12-8-11(15-9-16-12)14-5-4-13-6-7-17-3/h8-10,13H,4-7H2,1-3H3,(H,14,15,16). The molecule has 1 heterocycles. The summed E-state index contributed by atoms with van der Waals surface area (Å²) < 4.78 is 10.4. The van der Waals surface area contributed by atoms with Crippen molar-refractivity contribution in [3.05, 3.63) is 12.4 Å². The Kier molecular flexibility index (Phi) is 7.05. The molecule has 0 unspecified atom stereocenters. The third-order valence-electron chi connectivity index (χ3n) is 2.09. The first-order valence-electron chi connectivity index (χ1n) is 6.14. The Morgan fingerprint density at radius 1 is 1.22 bits per heavy atom. The van der Waals surface area contributed by atoms with Crippen molar-refractivity contribution in [1.82, 2.24) is 15.3 Å². The molecular formula is C12H22N4O2. The quantitative estimate of drug-likeness (QED) is 0.638. The second kappa shape index (κ2) is 8.66. The van der Waals surface area contributed by atoms with Crippen LogP contribution in [0.4, 0.5) is 5.82 Å². The molecule has 0 bridgehead atoms. The molecule has 0 spiro atoms. The van der Waals surface area contributed by atoms with Crippen LogP contribution in [0, 0.1) is 0 Å². The highest BCUT2D eigenvalue weighted by molar-refractivity contribution is 5.36. The van der Waals surface area contributed by atoms with Crippen molar-refractivity contribution in [2.75, 3.05) is 38.7 Å². The fraction of sp³-hybridized carbons (Fsp3) is 0.667. The summed E-state index contributed by atoms with van der Waals surface area (Å²) in [7, 11) is 1.69. The largest absolute Gasteiger partial charge is 0.475 e. The lowest BCUT2D eigenvalue weighted by Gasteiger charge is -2.10. The molecule has 0 atom stereocenters. The van der Waals surface area contributed by atoms with Gasteiger partial charge in [0.2, 0.25) is 5.88 Å². The van der Waals surface area contributed by atoms with Crippen LogP contribution in [0.2, 0.25) is 0 Å². The van der Waals surface area contributed by atoms with Crippen molar-refractivity contribution in [3.8, 4) is 5.88 Å². The van der Waals surface area contributed by atoms with Gasteiger partial charge in [-0.15, -0.1) is 0 Å². The van der Waals surface area contributed by atoms with Gasteiger partial charge in [0, 0.05) is 32.8 Å². The number of anilines is 1. The number of hydrogen-bond donors (Lipinski definition) is 2. The molecule has 0 aliphatic carbocycles. The van der Waals surface area contributed by atoms with Crippen LogP contribution in [0.1, 0.15) is 13.8 Å². The van der Waals surface area contributed by atoms with Crippen LogP contribution in [-0.4, -0.2) is 49.4 Å². The molecule has 0 aromatic carbocycles. The molecule has 1 aromatic heterocycles. The first kappa shape index (κ1) is 14.7. The molecule has 0 fully saturated rings. The Balaban J connectivity index is 2.25. The number of nitrogens with one attached hydrogen (secondary N) is 2. The molecule has 6 nitrogen and oxygen atoms in total. The zero-order valence-electron chi connectivity index (χ0n) is 11.3. The fourth-order valence-corrected chi connectivity index (χ4v) is 1.32. The lowest BCUT2D eigenvalue weighted by atomic mass is 10.4. The highest BCUT2D eigenvalue weighted by Gasteiger charge is 2.01. The van der Waals surface area contributed by atoms with E-state index in [4.69, 9.17) is 9.47 Å². The van der Waals surface area contributed by atoms with Crippen LogP contribution in [0.15, 0.2) is 12.4 Å². The summed E-state index contributed by atoms with van der Waals surface area (Å²) in [4.78, 5) is 8.17. The lowest BCUT2D eigenvalue weighted by Crippen LogP contribution is -2.25. The van der Waals surface area contributed by atoms with Gasteiger partial charge in [0.1, 0.15) is 12.1 Å². The van der Waals surface area contributed by atoms with Crippen LogP contribution in [0.25, 0.3) is 0 Å². The summed E-state index contributed by atoms with van der Waals surface area (Å²) in [5.41, 5.74) is 0. The van der Waals surface area contributed by atoms with E-state index in [9.17, 15) is 0 Å². The average Bonchev–Trinajstić information content (AvgIpc) is 2.33. The van der Waals surface area contributed by atoms with Crippen LogP contribution >= 0.6 is 0 Å². The van der Waals surface area contributed by atoms with E-state index in [0.717, 1.165) is 32.1 Å². The van der Waals surface area contributed by atoms with Gasteiger partial charge in [-0.05, 0) is 13.8 Å². The zero-order valence-corrected chi connectivity index (χ0v) is 11.3. The Hall–Kier alpha value is -1.40. The second-order valence-electron chi connectivity index (χ2n) is 4.08. The van der Waals surface area contributed by atoms with Crippen LogP contribution < -0.4 is 15.4 Å². The van der Waals surface area contributed by atoms with E-state index in [2.05, 4.69) is 20.6 Å². The van der Waals surface area contributed by atoms with E-state index in [0.29, 0.717) is 5.88 Å². The second-order valence-corrected chi connectivity index (χ2v) is 4.08. The summed E-state index contributed by atoms with van der Waals surface area (Å²) in [5.74, 6) is 1.36. The molecule has 0 aliphatic rings. The molecule has 0 saturated heterocycles. The van der Waals surface area contributed by atoms with Crippen molar-refractivity contribution in [2.24, 2.45) is 0 Å². The highest BCUT2D eigenvalue weighted by Crippen LogP contribution is 2.11. The van der Waals surface area contributed by atoms with Crippen molar-refractivity contribution in [2.45, 2.75) is 20.0 Å². The fourth-order valence-electron chi connectivity index (χ4n) is 1.32. The smallest absolute Gasteiger partial charge is 0.218 e. The van der Waals surface area contributed by atoms with Crippen LogP contribution in [0.5, 0.6) is 5.88 Å². The van der Waals surface area contributed by atoms with Crippen molar-refractivity contribution >= 4 is 5.82 Å². The van der Waals surface area contributed by atoms with E-state index in [1.807, 2.05) is 13.8 Å². The molecular weight excluding hydrogens is 232 g/mol. The normalized spacial score (nSPS) is 10.7. The van der Waals surface area contributed by atoms with E-state index in [-0.39, 0.29) is 6.10 Å². The van der Waals surface area contributed by atoms with Gasteiger partial charge in [0.15, 0.2) is 0 Å². The van der Waals surface area contributed by atoms with Gasteiger partial charge >= 0.3 is 0 Å². The lowest BCUT2D eigenvalue weighted by molar-refractivity contribution is 0.200. The summed E-state index contributed by atoms with van der Waals surface area (Å²) in [6.45, 7) is 7.16. The van der Waals surface area contributed by atoms with Gasteiger partial charge in [-0.25, -0.2) is 9.97 Å². The van der Waals surface area contributed by atoms with E-state index < -0.39 is 0 Å². The number of rotatable bonds is 9. The summed E-state index contributed by atoms with van der Waals surface area (Å²) in [5, 5.41) is 6.44. The van der Waals surface area contributed by atoms with Crippen LogP contribution in [-0.2, 0) is 4.74 Å². The third-order valence-corrected chi connectivity index (χ3v) is 2.09. The molecule has 1 rings (SSSR count). The van der Waals surface area contributed by atoms with Crippen molar-refractivity contribution < 1.29 is 9.47 Å². The van der Waals surface area contributed by atoms with E-state index in [1.165, 1.54) is 6.33 Å². The molecule has 0 aliphatic heterocycles. The van der Waals surface area contributed by atoms with Gasteiger partial charge < -0.3 is 20.1 Å². The molecule has 0 saturated carbocycles. The minimum Gasteiger partial charge on any atom is -0.475 e. The van der Waals surface area contributed by atoms with Crippen molar-refractivity contribution in [1.29, 1.82) is 0 Å². The monoisotopic (exact) mass is 254 g/mol. The van der Waals surface area contributed by atoms with Crippen molar-refractivity contribution in [3.63, 3.8) is 0 Å². The minimum atomic E-state index is 0.114. The number of aromatic nitrogens is 2.